The first-order valence-electron chi connectivity index (χ1n) is 5.73. The summed E-state index contributed by atoms with van der Waals surface area (Å²) in [6.45, 7) is 3.36. The molecule has 2 rings (SSSR count). The van der Waals surface area contributed by atoms with Gasteiger partial charge in [0, 0.05) is 0 Å². The van der Waals surface area contributed by atoms with E-state index in [1.54, 1.807) is 13.8 Å². The molecule has 2 heterocycles. The summed E-state index contributed by atoms with van der Waals surface area (Å²) >= 11 is 0. The Bertz CT molecular complexity index is 649. The first-order valence-corrected chi connectivity index (χ1v) is 5.73. The lowest BCUT2D eigenvalue weighted by Gasteiger charge is -2.09. The molecule has 0 saturated heterocycles. The van der Waals surface area contributed by atoms with Gasteiger partial charge in [0.15, 0.2) is 5.69 Å². The monoisotopic (exact) mass is 288 g/mol. The van der Waals surface area contributed by atoms with Crippen LogP contribution in [0, 0.1) is 6.92 Å². The molecule has 2 aromatic rings. The summed E-state index contributed by atoms with van der Waals surface area (Å²) in [7, 11) is 0. The van der Waals surface area contributed by atoms with Gasteiger partial charge in [-0.25, -0.2) is 9.78 Å². The zero-order valence-corrected chi connectivity index (χ0v) is 10.7. The van der Waals surface area contributed by atoms with Crippen LogP contribution in [0.2, 0.25) is 0 Å². The third-order valence-electron chi connectivity index (χ3n) is 2.47. The van der Waals surface area contributed by atoms with Crippen molar-refractivity contribution in [2.24, 2.45) is 0 Å². The highest BCUT2D eigenvalue weighted by atomic mass is 19.4. The van der Waals surface area contributed by atoms with Gasteiger partial charge < -0.3 is 9.47 Å². The fourth-order valence-corrected chi connectivity index (χ4v) is 1.78. The van der Waals surface area contributed by atoms with Crippen LogP contribution in [0.5, 0.6) is 5.75 Å². The maximum Gasteiger partial charge on any atom is 0.573 e. The Balaban J connectivity index is 2.49. The number of carbonyl (C=O) groups excluding carboxylic acids is 1. The Hall–Kier alpha value is -2.25. The number of aromatic nitrogens is 2. The van der Waals surface area contributed by atoms with Crippen molar-refractivity contribution in [2.75, 3.05) is 6.61 Å². The maximum absolute atomic E-state index is 12.2. The largest absolute Gasteiger partial charge is 0.573 e. The minimum Gasteiger partial charge on any atom is -0.461 e. The Morgan fingerprint density at radius 1 is 1.40 bits per heavy atom. The molecule has 0 bridgehead atoms. The SMILES string of the molecule is CCOC(=O)c1c(C)nc2ccc(OC(F)(F)F)cn12. The lowest BCUT2D eigenvalue weighted by Crippen LogP contribution is -2.17. The second-order valence-electron chi connectivity index (χ2n) is 3.91. The fourth-order valence-electron chi connectivity index (χ4n) is 1.78. The summed E-state index contributed by atoms with van der Waals surface area (Å²) in [6.07, 6.45) is -3.75. The van der Waals surface area contributed by atoms with Crippen molar-refractivity contribution in [1.82, 2.24) is 9.38 Å². The number of alkyl halides is 3. The highest BCUT2D eigenvalue weighted by Crippen LogP contribution is 2.24. The van der Waals surface area contributed by atoms with E-state index < -0.39 is 18.1 Å². The quantitative estimate of drug-likeness (QED) is 0.815. The number of hydrogen-bond acceptors (Lipinski definition) is 4. The van der Waals surface area contributed by atoms with Crippen LogP contribution in [-0.2, 0) is 4.74 Å². The minimum atomic E-state index is -4.80. The number of carbonyl (C=O) groups is 1. The number of rotatable bonds is 3. The highest BCUT2D eigenvalue weighted by Gasteiger charge is 2.31. The van der Waals surface area contributed by atoms with Crippen molar-refractivity contribution in [1.29, 1.82) is 0 Å². The molecule has 108 valence electrons. The number of nitrogens with zero attached hydrogens (tertiary/aromatic N) is 2. The summed E-state index contributed by atoms with van der Waals surface area (Å²) in [4.78, 5) is 15.9. The van der Waals surface area contributed by atoms with Crippen molar-refractivity contribution >= 4 is 11.6 Å². The van der Waals surface area contributed by atoms with E-state index in [1.807, 2.05) is 0 Å². The van der Waals surface area contributed by atoms with E-state index in [9.17, 15) is 18.0 Å². The van der Waals surface area contributed by atoms with E-state index in [0.717, 1.165) is 12.3 Å². The third kappa shape index (κ3) is 2.84. The summed E-state index contributed by atoms with van der Waals surface area (Å²) in [6, 6.07) is 2.46. The van der Waals surface area contributed by atoms with Crippen LogP contribution in [0.15, 0.2) is 18.3 Å². The number of pyridine rings is 1. The van der Waals surface area contributed by atoms with E-state index in [-0.39, 0.29) is 12.3 Å². The molecule has 0 amide bonds. The summed E-state index contributed by atoms with van der Waals surface area (Å²) in [5.74, 6) is -1.09. The zero-order chi connectivity index (χ0) is 14.9. The summed E-state index contributed by atoms with van der Waals surface area (Å²) < 4.78 is 46.4. The molecule has 0 spiro atoms. The van der Waals surface area contributed by atoms with Gasteiger partial charge in [-0.3, -0.25) is 4.40 Å². The topological polar surface area (TPSA) is 52.8 Å². The third-order valence-corrected chi connectivity index (χ3v) is 2.47. The standard InChI is InChI=1S/C12H11F3N2O3/c1-3-19-11(18)10-7(2)16-9-5-4-8(6-17(9)10)20-12(13,14)15/h4-6H,3H2,1-2H3. The highest BCUT2D eigenvalue weighted by molar-refractivity contribution is 5.90. The van der Waals surface area contributed by atoms with Crippen LogP contribution in [-0.4, -0.2) is 28.3 Å². The Morgan fingerprint density at radius 3 is 2.70 bits per heavy atom. The maximum atomic E-state index is 12.2. The molecule has 0 radical (unpaired) electrons. The Kier molecular flexibility index (Phi) is 3.56. The molecule has 0 fully saturated rings. The van der Waals surface area contributed by atoms with Gasteiger partial charge >= 0.3 is 12.3 Å². The molecule has 8 heteroatoms. The number of esters is 1. The molecule has 0 saturated carbocycles. The van der Waals surface area contributed by atoms with Crippen LogP contribution in [0.25, 0.3) is 5.65 Å². The van der Waals surface area contributed by atoms with Crippen LogP contribution in [0.1, 0.15) is 23.1 Å². The molecule has 0 aromatic carbocycles. The molecule has 0 N–H and O–H groups in total. The minimum absolute atomic E-state index is 0.0782. The molecule has 0 aliphatic rings. The number of halogens is 3. The van der Waals surface area contributed by atoms with Crippen molar-refractivity contribution in [3.05, 3.63) is 29.7 Å². The number of fused-ring (bicyclic) bond motifs is 1. The van der Waals surface area contributed by atoms with Crippen molar-refractivity contribution in [3.63, 3.8) is 0 Å². The van der Waals surface area contributed by atoms with E-state index in [4.69, 9.17) is 4.74 Å². The number of aryl methyl sites for hydroxylation is 1. The predicted octanol–water partition coefficient (Wildman–Crippen LogP) is 2.72. The van der Waals surface area contributed by atoms with Crippen LogP contribution < -0.4 is 4.74 Å². The molecule has 0 aliphatic carbocycles. The van der Waals surface area contributed by atoms with E-state index in [2.05, 4.69) is 9.72 Å². The second kappa shape index (κ2) is 5.03. The molecule has 0 aliphatic heterocycles. The van der Waals surface area contributed by atoms with Gasteiger partial charge in [0.1, 0.15) is 11.4 Å². The van der Waals surface area contributed by atoms with Gasteiger partial charge in [-0.1, -0.05) is 0 Å². The fraction of sp³-hybridized carbons (Fsp3) is 0.333. The van der Waals surface area contributed by atoms with Crippen LogP contribution in [0.4, 0.5) is 13.2 Å². The number of ether oxygens (including phenoxy) is 2. The lowest BCUT2D eigenvalue weighted by atomic mass is 10.3. The Morgan fingerprint density at radius 2 is 2.10 bits per heavy atom. The molecular formula is C12H11F3N2O3. The average molecular weight is 288 g/mol. The molecule has 0 unspecified atom stereocenters. The smallest absolute Gasteiger partial charge is 0.461 e. The first-order chi connectivity index (χ1) is 9.31. The second-order valence-corrected chi connectivity index (χ2v) is 3.91. The average Bonchev–Trinajstić information content (AvgIpc) is 2.62. The normalized spacial score (nSPS) is 11.7. The van der Waals surface area contributed by atoms with Crippen molar-refractivity contribution < 1.29 is 27.4 Å². The Labute approximate surface area is 111 Å². The van der Waals surface area contributed by atoms with E-state index >= 15 is 0 Å². The first kappa shape index (κ1) is 14.2. The van der Waals surface area contributed by atoms with Gasteiger partial charge in [0.05, 0.1) is 18.5 Å². The molecule has 20 heavy (non-hydrogen) atoms. The predicted molar refractivity (Wildman–Crippen MR) is 62.6 cm³/mol. The van der Waals surface area contributed by atoms with E-state index in [1.165, 1.54) is 10.5 Å². The van der Waals surface area contributed by atoms with Crippen molar-refractivity contribution in [2.45, 2.75) is 20.2 Å². The van der Waals surface area contributed by atoms with Crippen LogP contribution >= 0.6 is 0 Å². The summed E-state index contributed by atoms with van der Waals surface area (Å²) in [5, 5.41) is 0. The molecular weight excluding hydrogens is 277 g/mol. The number of imidazole rings is 1. The van der Waals surface area contributed by atoms with Gasteiger partial charge in [-0.2, -0.15) is 0 Å². The molecule has 0 atom stereocenters. The summed E-state index contributed by atoms with van der Waals surface area (Å²) in [5.41, 5.74) is 0.780. The molecule has 2 aromatic heterocycles. The van der Waals surface area contributed by atoms with Gasteiger partial charge in [-0.05, 0) is 26.0 Å². The number of hydrogen-bond donors (Lipinski definition) is 0. The molecule has 5 nitrogen and oxygen atoms in total. The van der Waals surface area contributed by atoms with Gasteiger partial charge in [-0.15, -0.1) is 13.2 Å². The zero-order valence-electron chi connectivity index (χ0n) is 10.7. The van der Waals surface area contributed by atoms with E-state index in [0.29, 0.717) is 11.3 Å². The van der Waals surface area contributed by atoms with Gasteiger partial charge in [0.25, 0.3) is 0 Å². The van der Waals surface area contributed by atoms with Gasteiger partial charge in [0.2, 0.25) is 0 Å². The lowest BCUT2D eigenvalue weighted by molar-refractivity contribution is -0.274. The van der Waals surface area contributed by atoms with Crippen molar-refractivity contribution in [3.8, 4) is 5.75 Å². The van der Waals surface area contributed by atoms with Crippen LogP contribution in [0.3, 0.4) is 0 Å².